The van der Waals surface area contributed by atoms with E-state index in [4.69, 9.17) is 13.9 Å². The molecule has 158 valence electrons. The van der Waals surface area contributed by atoms with Gasteiger partial charge in [-0.15, -0.1) is 24.0 Å². The van der Waals surface area contributed by atoms with Crippen molar-refractivity contribution in [2.45, 2.75) is 46.1 Å². The molecule has 0 bridgehead atoms. The van der Waals surface area contributed by atoms with Gasteiger partial charge in [-0.3, -0.25) is 0 Å². The van der Waals surface area contributed by atoms with Crippen LogP contribution in [0.2, 0.25) is 0 Å². The van der Waals surface area contributed by atoms with Crippen LogP contribution in [0.4, 0.5) is 0 Å². The Balaban J connectivity index is 0.00000676. The van der Waals surface area contributed by atoms with E-state index < -0.39 is 5.60 Å². The number of aryl methyl sites for hydroxylation is 2. The number of guanidine groups is 1. The van der Waals surface area contributed by atoms with Gasteiger partial charge in [0.15, 0.2) is 5.96 Å². The maximum atomic E-state index is 10.8. The minimum Gasteiger partial charge on any atom is -0.466 e. The first-order chi connectivity index (χ1) is 12.4. The van der Waals surface area contributed by atoms with Crippen molar-refractivity contribution in [3.63, 3.8) is 0 Å². The number of ether oxygens (including phenoxy) is 2. The van der Waals surface area contributed by atoms with Crippen LogP contribution < -0.4 is 10.6 Å². The summed E-state index contributed by atoms with van der Waals surface area (Å²) in [6, 6.07) is 1.87. The van der Waals surface area contributed by atoms with Crippen LogP contribution in [0, 0.1) is 13.8 Å². The minimum atomic E-state index is -1.07. The van der Waals surface area contributed by atoms with E-state index in [1.165, 1.54) is 0 Å². The second kappa shape index (κ2) is 14.2. The van der Waals surface area contributed by atoms with Crippen molar-refractivity contribution >= 4 is 29.9 Å². The number of methoxy groups -OCH3 is 1. The number of rotatable bonds is 12. The molecule has 0 saturated heterocycles. The third-order valence-electron chi connectivity index (χ3n) is 3.95. The number of hydrogen-bond acceptors (Lipinski definition) is 5. The Morgan fingerprint density at radius 1 is 1.22 bits per heavy atom. The smallest absolute Gasteiger partial charge is 0.191 e. The Hall–Kier alpha value is -0.840. The van der Waals surface area contributed by atoms with Crippen LogP contribution in [-0.2, 0) is 15.1 Å². The Kier molecular flexibility index (Phi) is 13.8. The first-order valence-electron chi connectivity index (χ1n) is 9.29. The van der Waals surface area contributed by atoms with Gasteiger partial charge in [0.05, 0.1) is 19.8 Å². The van der Waals surface area contributed by atoms with Gasteiger partial charge < -0.3 is 29.6 Å². The molecule has 8 heteroatoms. The first-order valence-corrected chi connectivity index (χ1v) is 9.29. The third-order valence-corrected chi connectivity index (χ3v) is 3.95. The lowest BCUT2D eigenvalue weighted by atomic mass is 9.96. The van der Waals surface area contributed by atoms with Crippen LogP contribution in [0.25, 0.3) is 0 Å². The van der Waals surface area contributed by atoms with Gasteiger partial charge in [0.25, 0.3) is 0 Å². The molecule has 0 aromatic carbocycles. The van der Waals surface area contributed by atoms with Gasteiger partial charge in [-0.2, -0.15) is 0 Å². The van der Waals surface area contributed by atoms with Crippen molar-refractivity contribution in [1.29, 1.82) is 0 Å². The van der Waals surface area contributed by atoms with E-state index in [9.17, 15) is 5.11 Å². The summed E-state index contributed by atoms with van der Waals surface area (Å²) in [6.07, 6.45) is 1.95. The SMILES string of the molecule is CCNC(=NCC(C)(O)c1cc(C)oc1C)NCCCCOCCOC.I. The van der Waals surface area contributed by atoms with Crippen molar-refractivity contribution in [1.82, 2.24) is 10.6 Å². The highest BCUT2D eigenvalue weighted by Crippen LogP contribution is 2.27. The van der Waals surface area contributed by atoms with Gasteiger partial charge in [-0.1, -0.05) is 0 Å². The first kappa shape index (κ1) is 26.2. The lowest BCUT2D eigenvalue weighted by molar-refractivity contribution is 0.0656. The van der Waals surface area contributed by atoms with Gasteiger partial charge in [0, 0.05) is 32.4 Å². The highest BCUT2D eigenvalue weighted by Gasteiger charge is 2.27. The Morgan fingerprint density at radius 3 is 2.56 bits per heavy atom. The molecule has 0 aliphatic rings. The van der Waals surface area contributed by atoms with E-state index in [1.807, 2.05) is 26.8 Å². The van der Waals surface area contributed by atoms with Gasteiger partial charge in [0.2, 0.25) is 0 Å². The molecule has 7 nitrogen and oxygen atoms in total. The molecule has 1 aromatic rings. The summed E-state index contributed by atoms with van der Waals surface area (Å²) in [5, 5.41) is 17.3. The second-order valence-electron chi connectivity index (χ2n) is 6.53. The Labute approximate surface area is 180 Å². The van der Waals surface area contributed by atoms with Gasteiger partial charge in [-0.25, -0.2) is 4.99 Å². The normalized spacial score (nSPS) is 13.8. The molecule has 3 N–H and O–H groups in total. The number of hydrogen-bond donors (Lipinski definition) is 3. The van der Waals surface area contributed by atoms with Crippen LogP contribution in [0.3, 0.4) is 0 Å². The van der Waals surface area contributed by atoms with Crippen molar-refractivity contribution in [3.8, 4) is 0 Å². The molecule has 0 saturated carbocycles. The van der Waals surface area contributed by atoms with Crippen molar-refractivity contribution < 1.29 is 19.0 Å². The zero-order chi connectivity index (χ0) is 19.4. The molecule has 1 unspecified atom stereocenters. The van der Waals surface area contributed by atoms with Crippen LogP contribution >= 0.6 is 24.0 Å². The number of nitrogens with zero attached hydrogens (tertiary/aromatic N) is 1. The average Bonchev–Trinajstić information content (AvgIpc) is 2.94. The number of furan rings is 1. The van der Waals surface area contributed by atoms with E-state index in [-0.39, 0.29) is 30.5 Å². The quantitative estimate of drug-likeness (QED) is 0.178. The fraction of sp³-hybridized carbons (Fsp3) is 0.737. The second-order valence-corrected chi connectivity index (χ2v) is 6.53. The fourth-order valence-electron chi connectivity index (χ4n) is 2.61. The minimum absolute atomic E-state index is 0. The molecule has 0 aliphatic carbocycles. The van der Waals surface area contributed by atoms with Crippen molar-refractivity contribution in [2.75, 3.05) is 46.6 Å². The Morgan fingerprint density at radius 2 is 1.96 bits per heavy atom. The highest BCUT2D eigenvalue weighted by molar-refractivity contribution is 14.0. The predicted molar refractivity (Wildman–Crippen MR) is 119 cm³/mol. The summed E-state index contributed by atoms with van der Waals surface area (Å²) in [5.41, 5.74) is -0.290. The molecule has 1 rings (SSSR count). The van der Waals surface area contributed by atoms with Crippen LogP contribution in [-0.4, -0.2) is 57.6 Å². The number of halogens is 1. The van der Waals surface area contributed by atoms with Gasteiger partial charge in [0.1, 0.15) is 17.1 Å². The van der Waals surface area contributed by atoms with Crippen molar-refractivity contribution in [2.24, 2.45) is 4.99 Å². The van der Waals surface area contributed by atoms with Crippen LogP contribution in [0.15, 0.2) is 15.5 Å². The van der Waals surface area contributed by atoms with E-state index in [1.54, 1.807) is 14.0 Å². The van der Waals surface area contributed by atoms with Crippen molar-refractivity contribution in [3.05, 3.63) is 23.2 Å². The van der Waals surface area contributed by atoms with Gasteiger partial charge >= 0.3 is 0 Å². The summed E-state index contributed by atoms with van der Waals surface area (Å²) in [4.78, 5) is 4.53. The van der Waals surface area contributed by atoms with E-state index in [0.717, 1.165) is 49.6 Å². The summed E-state index contributed by atoms with van der Waals surface area (Å²) < 4.78 is 15.9. The summed E-state index contributed by atoms with van der Waals surface area (Å²) in [5.74, 6) is 2.22. The van der Waals surface area contributed by atoms with Crippen LogP contribution in [0.5, 0.6) is 0 Å². The van der Waals surface area contributed by atoms with Gasteiger partial charge in [-0.05, 0) is 46.6 Å². The Bertz CT molecular complexity index is 547. The van der Waals surface area contributed by atoms with E-state index >= 15 is 0 Å². The molecular formula is C19H36IN3O4. The number of aliphatic hydroxyl groups is 1. The largest absolute Gasteiger partial charge is 0.466 e. The zero-order valence-electron chi connectivity index (χ0n) is 17.3. The lowest BCUT2D eigenvalue weighted by Crippen LogP contribution is -2.39. The molecule has 1 atom stereocenters. The lowest BCUT2D eigenvalue weighted by Gasteiger charge is -2.21. The molecule has 27 heavy (non-hydrogen) atoms. The van der Waals surface area contributed by atoms with Crippen LogP contribution in [0.1, 0.15) is 43.8 Å². The molecule has 1 aromatic heterocycles. The topological polar surface area (TPSA) is 88.3 Å². The maximum absolute atomic E-state index is 10.8. The average molecular weight is 497 g/mol. The third kappa shape index (κ3) is 10.3. The van der Waals surface area contributed by atoms with E-state index in [2.05, 4.69) is 15.6 Å². The number of aliphatic imine (C=N–C) groups is 1. The van der Waals surface area contributed by atoms with E-state index in [0.29, 0.717) is 19.2 Å². The predicted octanol–water partition coefficient (Wildman–Crippen LogP) is 2.72. The molecular weight excluding hydrogens is 461 g/mol. The number of nitrogens with one attached hydrogen (secondary N) is 2. The monoisotopic (exact) mass is 497 g/mol. The summed E-state index contributed by atoms with van der Waals surface area (Å²) >= 11 is 0. The molecule has 1 heterocycles. The summed E-state index contributed by atoms with van der Waals surface area (Å²) in [6.45, 7) is 11.3. The fourth-order valence-corrected chi connectivity index (χ4v) is 2.61. The zero-order valence-corrected chi connectivity index (χ0v) is 19.6. The maximum Gasteiger partial charge on any atom is 0.191 e. The molecule has 0 spiro atoms. The molecule has 0 aliphatic heterocycles. The molecule has 0 fully saturated rings. The number of unbranched alkanes of at least 4 members (excludes halogenated alkanes) is 1. The highest BCUT2D eigenvalue weighted by atomic mass is 127. The molecule has 0 radical (unpaired) electrons. The molecule has 0 amide bonds. The summed E-state index contributed by atoms with van der Waals surface area (Å²) in [7, 11) is 1.67. The standard InChI is InChI=1S/C19H35N3O4.HI/c1-6-20-18(21-9-7-8-10-25-12-11-24-5)22-14-19(4,23)17-13-15(2)26-16(17)3;/h13,23H,6-12,14H2,1-5H3,(H2,20,21,22);1H.